The van der Waals surface area contributed by atoms with Gasteiger partial charge in [0.05, 0.1) is 19.2 Å². The Morgan fingerprint density at radius 1 is 1.22 bits per heavy atom. The van der Waals surface area contributed by atoms with Gasteiger partial charge in [0, 0.05) is 17.6 Å². The second-order valence-electron chi connectivity index (χ2n) is 7.16. The van der Waals surface area contributed by atoms with Crippen LogP contribution in [-0.2, 0) is 12.7 Å². The zero-order valence-corrected chi connectivity index (χ0v) is 17.5. The fourth-order valence-corrected chi connectivity index (χ4v) is 4.12. The molecule has 2 aromatic heterocycles. The van der Waals surface area contributed by atoms with Gasteiger partial charge in [0.25, 0.3) is 0 Å². The average Bonchev–Trinajstić information content (AvgIpc) is 3.21. The molecule has 3 aromatic rings. The molecule has 0 fully saturated rings. The van der Waals surface area contributed by atoms with E-state index in [1.807, 2.05) is 0 Å². The van der Waals surface area contributed by atoms with E-state index < -0.39 is 23.0 Å². The highest BCUT2D eigenvalue weighted by molar-refractivity contribution is 7.11. The molecule has 1 aliphatic heterocycles. The number of rotatable bonds is 4. The minimum absolute atomic E-state index is 0.109. The lowest BCUT2D eigenvalue weighted by Crippen LogP contribution is -2.40. The van der Waals surface area contributed by atoms with Gasteiger partial charge < -0.3 is 10.0 Å². The summed E-state index contributed by atoms with van der Waals surface area (Å²) < 4.78 is 52.6. The maximum atomic E-state index is 13.1. The van der Waals surface area contributed by atoms with Gasteiger partial charge in [-0.2, -0.15) is 23.1 Å². The van der Waals surface area contributed by atoms with Crippen molar-refractivity contribution >= 4 is 22.9 Å². The average molecular weight is 467 g/mol. The van der Waals surface area contributed by atoms with Crippen LogP contribution in [-0.4, -0.2) is 43.8 Å². The van der Waals surface area contributed by atoms with Gasteiger partial charge in [-0.3, -0.25) is 4.57 Å². The summed E-state index contributed by atoms with van der Waals surface area (Å²) in [6.07, 6.45) is -2.62. The van der Waals surface area contributed by atoms with E-state index in [9.17, 15) is 27.5 Å². The first kappa shape index (κ1) is 22.1. The monoisotopic (exact) mass is 467 g/mol. The molecule has 0 amide bonds. The number of halogens is 4. The van der Waals surface area contributed by atoms with Crippen molar-refractivity contribution in [1.82, 2.24) is 19.5 Å². The second-order valence-corrected chi connectivity index (χ2v) is 8.27. The minimum atomic E-state index is -4.54. The molecule has 7 nitrogen and oxygen atoms in total. The summed E-state index contributed by atoms with van der Waals surface area (Å²) >= 11 is 0.458. The normalized spacial score (nSPS) is 16.9. The summed E-state index contributed by atoms with van der Waals surface area (Å²) in [5, 5.41) is 9.55. The van der Waals surface area contributed by atoms with Gasteiger partial charge in [-0.1, -0.05) is 18.2 Å². The molecular formula is C20H17F4N5O2S. The van der Waals surface area contributed by atoms with Crippen LogP contribution in [0.2, 0.25) is 0 Å². The Kier molecular flexibility index (Phi) is 5.82. The predicted molar refractivity (Wildman–Crippen MR) is 110 cm³/mol. The van der Waals surface area contributed by atoms with Crippen LogP contribution in [0.1, 0.15) is 21.3 Å². The first-order valence-corrected chi connectivity index (χ1v) is 10.3. The fraction of sp³-hybridized carbons (Fsp3) is 0.300. The van der Waals surface area contributed by atoms with Gasteiger partial charge in [-0.15, -0.1) is 11.3 Å². The van der Waals surface area contributed by atoms with E-state index in [4.69, 9.17) is 0 Å². The van der Waals surface area contributed by atoms with Crippen LogP contribution in [0.25, 0.3) is 5.57 Å². The van der Waals surface area contributed by atoms with Crippen molar-refractivity contribution < 1.29 is 22.7 Å². The molecule has 0 unspecified atom stereocenters. The van der Waals surface area contributed by atoms with Crippen molar-refractivity contribution in [2.75, 3.05) is 18.0 Å². The maximum absolute atomic E-state index is 13.1. The van der Waals surface area contributed by atoms with Crippen LogP contribution in [0.5, 0.6) is 0 Å². The van der Waals surface area contributed by atoms with E-state index in [-0.39, 0.29) is 35.6 Å². The van der Waals surface area contributed by atoms with Gasteiger partial charge in [-0.25, -0.2) is 14.2 Å². The Balaban J connectivity index is 1.54. The summed E-state index contributed by atoms with van der Waals surface area (Å²) in [5.41, 5.74) is 0.656. The van der Waals surface area contributed by atoms with Crippen LogP contribution in [0.4, 0.5) is 23.5 Å². The predicted octanol–water partition coefficient (Wildman–Crippen LogP) is 2.87. The number of benzene rings is 1. The van der Waals surface area contributed by atoms with E-state index >= 15 is 0 Å². The Morgan fingerprint density at radius 3 is 2.53 bits per heavy atom. The van der Waals surface area contributed by atoms with Crippen LogP contribution in [0.15, 0.2) is 41.3 Å². The highest BCUT2D eigenvalue weighted by atomic mass is 32.1. The standard InChI is InChI=1S/C20H17F4N5O2S/c1-11-26-18(27-19(31)29(11)9-14-8-25-17(32-14)20(22,23)24)28-7-6-15(16(30)10-28)12-2-4-13(21)5-3-12/h2-6,8,16,30H,7,9-10H2,1H3/t16-/m0/s1. The van der Waals surface area contributed by atoms with E-state index in [0.717, 1.165) is 10.8 Å². The van der Waals surface area contributed by atoms with Gasteiger partial charge >= 0.3 is 11.9 Å². The Morgan fingerprint density at radius 2 is 1.94 bits per heavy atom. The van der Waals surface area contributed by atoms with Crippen LogP contribution < -0.4 is 10.6 Å². The number of hydrogen-bond donors (Lipinski definition) is 1. The molecule has 0 radical (unpaired) electrons. The highest BCUT2D eigenvalue weighted by Crippen LogP contribution is 2.32. The molecule has 0 bridgehead atoms. The quantitative estimate of drug-likeness (QED) is 0.595. The summed E-state index contributed by atoms with van der Waals surface area (Å²) in [4.78, 5) is 26.0. The molecule has 0 saturated carbocycles. The summed E-state index contributed by atoms with van der Waals surface area (Å²) in [6, 6.07) is 5.77. The number of hydrogen-bond acceptors (Lipinski definition) is 7. The molecule has 1 aliphatic rings. The molecule has 4 rings (SSSR count). The molecule has 0 saturated heterocycles. The summed E-state index contributed by atoms with van der Waals surface area (Å²) in [7, 11) is 0. The number of aliphatic hydroxyl groups excluding tert-OH is 1. The summed E-state index contributed by atoms with van der Waals surface area (Å²) in [6.45, 7) is 1.86. The third-order valence-corrected chi connectivity index (χ3v) is 5.96. The van der Waals surface area contributed by atoms with Gasteiger partial charge in [0.1, 0.15) is 11.6 Å². The molecule has 0 spiro atoms. The molecule has 168 valence electrons. The third-order valence-electron chi connectivity index (χ3n) is 4.93. The minimum Gasteiger partial charge on any atom is -0.387 e. The fourth-order valence-electron chi connectivity index (χ4n) is 3.35. The lowest BCUT2D eigenvalue weighted by molar-refractivity contribution is -0.137. The van der Waals surface area contributed by atoms with Crippen molar-refractivity contribution in [3.63, 3.8) is 0 Å². The largest absolute Gasteiger partial charge is 0.443 e. The first-order valence-electron chi connectivity index (χ1n) is 9.48. The molecule has 12 heteroatoms. The zero-order chi connectivity index (χ0) is 23.0. The number of aryl methyl sites for hydroxylation is 1. The van der Waals surface area contributed by atoms with Crippen molar-refractivity contribution in [3.8, 4) is 0 Å². The summed E-state index contributed by atoms with van der Waals surface area (Å²) in [5.74, 6) is 0.000858. The zero-order valence-electron chi connectivity index (χ0n) is 16.7. The lowest BCUT2D eigenvalue weighted by Gasteiger charge is -2.30. The molecule has 1 atom stereocenters. The molecule has 1 N–H and O–H groups in total. The topological polar surface area (TPSA) is 84.1 Å². The Bertz CT molecular complexity index is 1220. The van der Waals surface area contributed by atoms with E-state index in [2.05, 4.69) is 15.0 Å². The van der Waals surface area contributed by atoms with Crippen molar-refractivity contribution in [1.29, 1.82) is 0 Å². The molecular weight excluding hydrogens is 450 g/mol. The number of thiazole rings is 1. The smallest absolute Gasteiger partial charge is 0.387 e. The van der Waals surface area contributed by atoms with Crippen LogP contribution in [0, 0.1) is 12.7 Å². The Labute approximate surface area is 183 Å². The number of aliphatic hydroxyl groups is 1. The van der Waals surface area contributed by atoms with Crippen molar-refractivity contribution in [3.05, 3.63) is 74.1 Å². The van der Waals surface area contributed by atoms with Gasteiger partial charge in [-0.05, 0) is 30.2 Å². The second kappa shape index (κ2) is 8.43. The van der Waals surface area contributed by atoms with Gasteiger partial charge in [0.15, 0.2) is 5.01 Å². The Hall–Kier alpha value is -3.12. The van der Waals surface area contributed by atoms with Crippen molar-refractivity contribution in [2.24, 2.45) is 0 Å². The highest BCUT2D eigenvalue weighted by Gasteiger charge is 2.34. The van der Waals surface area contributed by atoms with Crippen LogP contribution in [0.3, 0.4) is 0 Å². The molecule has 32 heavy (non-hydrogen) atoms. The number of nitrogens with zero attached hydrogens (tertiary/aromatic N) is 5. The number of anilines is 1. The van der Waals surface area contributed by atoms with E-state index in [1.165, 1.54) is 12.1 Å². The van der Waals surface area contributed by atoms with Crippen LogP contribution >= 0.6 is 11.3 Å². The SMILES string of the molecule is Cc1nc(N2CC=C(c3ccc(F)cc3)[C@@H](O)C2)nc(=O)n1Cc1cnc(C(F)(F)F)s1. The van der Waals surface area contributed by atoms with E-state index in [1.54, 1.807) is 30.0 Å². The molecule has 1 aromatic carbocycles. The number of β-amino-alcohol motifs (C(OH)–C–C–N with tert-alkyl or cyclic N) is 1. The molecule has 0 aliphatic carbocycles. The van der Waals surface area contributed by atoms with Crippen molar-refractivity contribution in [2.45, 2.75) is 25.7 Å². The van der Waals surface area contributed by atoms with Gasteiger partial charge in [0.2, 0.25) is 5.95 Å². The number of aromatic nitrogens is 4. The first-order chi connectivity index (χ1) is 15.1. The number of alkyl halides is 3. The molecule has 3 heterocycles. The maximum Gasteiger partial charge on any atom is 0.443 e. The lowest BCUT2D eigenvalue weighted by atomic mass is 9.97. The van der Waals surface area contributed by atoms with E-state index in [0.29, 0.717) is 29.0 Å². The third kappa shape index (κ3) is 4.55.